The van der Waals surface area contributed by atoms with E-state index < -0.39 is 0 Å². The molecule has 0 fully saturated rings. The summed E-state index contributed by atoms with van der Waals surface area (Å²) in [5, 5.41) is 12.7. The Morgan fingerprint density at radius 1 is 1.09 bits per heavy atom. The second-order valence-electron chi connectivity index (χ2n) is 6.79. The summed E-state index contributed by atoms with van der Waals surface area (Å²) in [7, 11) is 0. The molecule has 162 valence electrons. The Labute approximate surface area is 195 Å². The standard InChI is InChI=1S/C22H17N5OS2.C2H6/c28-20(18-11-10-14-6-2-1-3-8-16(14)24-18)25-21-26-27-22(30-21)29-19-12-13-23-17-9-5-4-7-15(17)19;1-2/h3-5,7-13H,1-2,6H2,(H,25,26,28);1-2H3. The van der Waals surface area contributed by atoms with Crippen LogP contribution in [0.4, 0.5) is 5.13 Å². The fourth-order valence-electron chi connectivity index (χ4n) is 3.31. The smallest absolute Gasteiger partial charge is 0.276 e. The van der Waals surface area contributed by atoms with Gasteiger partial charge in [0.15, 0.2) is 4.34 Å². The molecule has 0 radical (unpaired) electrons. The average molecular weight is 462 g/mol. The van der Waals surface area contributed by atoms with Gasteiger partial charge in [-0.25, -0.2) is 4.98 Å². The van der Waals surface area contributed by atoms with Gasteiger partial charge in [-0.1, -0.05) is 67.3 Å². The minimum absolute atomic E-state index is 0.280. The van der Waals surface area contributed by atoms with E-state index in [-0.39, 0.29) is 5.91 Å². The number of para-hydroxylation sites is 1. The van der Waals surface area contributed by atoms with Gasteiger partial charge in [0.1, 0.15) is 5.69 Å². The number of benzene rings is 1. The summed E-state index contributed by atoms with van der Waals surface area (Å²) in [6, 6.07) is 13.7. The van der Waals surface area contributed by atoms with Crippen molar-refractivity contribution in [2.45, 2.75) is 42.3 Å². The number of hydrogen-bond acceptors (Lipinski definition) is 7. The van der Waals surface area contributed by atoms with Gasteiger partial charge < -0.3 is 0 Å². The van der Waals surface area contributed by atoms with Crippen molar-refractivity contribution < 1.29 is 4.79 Å². The number of hydrogen-bond donors (Lipinski definition) is 1. The third-order valence-corrected chi connectivity index (χ3v) is 6.74. The molecule has 0 atom stereocenters. The molecule has 1 aliphatic carbocycles. The Bertz CT molecular complexity index is 1260. The Hall–Kier alpha value is -3.10. The van der Waals surface area contributed by atoms with Gasteiger partial charge in [0, 0.05) is 16.5 Å². The Morgan fingerprint density at radius 2 is 1.97 bits per heavy atom. The Balaban J connectivity index is 0.00000119. The molecule has 32 heavy (non-hydrogen) atoms. The van der Waals surface area contributed by atoms with Crippen molar-refractivity contribution in [2.24, 2.45) is 0 Å². The van der Waals surface area contributed by atoms with Crippen LogP contribution in [0.15, 0.2) is 64.0 Å². The number of rotatable bonds is 4. The lowest BCUT2D eigenvalue weighted by Crippen LogP contribution is -2.14. The largest absolute Gasteiger partial charge is 0.295 e. The quantitative estimate of drug-likeness (QED) is 0.361. The highest BCUT2D eigenvalue weighted by Gasteiger charge is 2.15. The second-order valence-corrected chi connectivity index (χ2v) is 9.06. The number of carbonyl (C=O) groups is 1. The first-order valence-electron chi connectivity index (χ1n) is 10.6. The molecule has 1 aromatic carbocycles. The second kappa shape index (κ2) is 10.5. The van der Waals surface area contributed by atoms with Crippen LogP contribution in [0.3, 0.4) is 0 Å². The van der Waals surface area contributed by atoms with Crippen LogP contribution in [0.2, 0.25) is 0 Å². The van der Waals surface area contributed by atoms with Crippen LogP contribution in [0.1, 0.15) is 48.4 Å². The van der Waals surface area contributed by atoms with Gasteiger partial charge in [0.2, 0.25) is 5.13 Å². The summed E-state index contributed by atoms with van der Waals surface area (Å²) in [6.07, 6.45) is 9.02. The van der Waals surface area contributed by atoms with E-state index in [2.05, 4.69) is 31.6 Å². The van der Waals surface area contributed by atoms with Crippen molar-refractivity contribution in [3.63, 3.8) is 0 Å². The fourth-order valence-corrected chi connectivity index (χ4v) is 5.13. The summed E-state index contributed by atoms with van der Waals surface area (Å²) in [4.78, 5) is 22.6. The maximum absolute atomic E-state index is 12.7. The molecule has 0 saturated heterocycles. The highest BCUT2D eigenvalue weighted by molar-refractivity contribution is 8.01. The molecule has 1 aliphatic rings. The van der Waals surface area contributed by atoms with Crippen LogP contribution in [0.5, 0.6) is 0 Å². The van der Waals surface area contributed by atoms with E-state index in [1.165, 1.54) is 28.7 Å². The molecule has 3 aromatic heterocycles. The van der Waals surface area contributed by atoms with E-state index in [0.717, 1.165) is 45.1 Å². The monoisotopic (exact) mass is 461 g/mol. The number of anilines is 1. The highest BCUT2D eigenvalue weighted by atomic mass is 32.2. The fraction of sp³-hybridized carbons (Fsp3) is 0.208. The van der Waals surface area contributed by atoms with Gasteiger partial charge in [-0.2, -0.15) is 0 Å². The number of amides is 1. The first-order chi connectivity index (χ1) is 15.8. The number of allylic oxidation sites excluding steroid dienone is 1. The number of pyridine rings is 2. The first kappa shape index (κ1) is 22.1. The third-order valence-electron chi connectivity index (χ3n) is 4.77. The molecular weight excluding hydrogens is 438 g/mol. The zero-order valence-corrected chi connectivity index (χ0v) is 19.5. The molecule has 8 heteroatoms. The van der Waals surface area contributed by atoms with Crippen LogP contribution in [-0.2, 0) is 6.42 Å². The average Bonchev–Trinajstić information content (AvgIpc) is 3.13. The van der Waals surface area contributed by atoms with Crippen molar-refractivity contribution in [1.82, 2.24) is 20.2 Å². The number of fused-ring (bicyclic) bond motifs is 2. The van der Waals surface area contributed by atoms with Crippen LogP contribution in [0, 0.1) is 0 Å². The number of aromatic nitrogens is 4. The first-order valence-corrected chi connectivity index (χ1v) is 12.2. The van der Waals surface area contributed by atoms with Crippen molar-refractivity contribution in [1.29, 1.82) is 0 Å². The van der Waals surface area contributed by atoms with E-state index in [9.17, 15) is 4.79 Å². The Morgan fingerprint density at radius 3 is 2.88 bits per heavy atom. The van der Waals surface area contributed by atoms with Gasteiger partial charge in [-0.15, -0.1) is 10.2 Å². The number of carbonyl (C=O) groups excluding carboxylic acids is 1. The summed E-state index contributed by atoms with van der Waals surface area (Å²) < 4.78 is 0.750. The predicted molar refractivity (Wildman–Crippen MR) is 131 cm³/mol. The van der Waals surface area contributed by atoms with Crippen LogP contribution < -0.4 is 5.32 Å². The highest BCUT2D eigenvalue weighted by Crippen LogP contribution is 2.35. The molecular formula is C24H23N5OS2. The van der Waals surface area contributed by atoms with Crippen molar-refractivity contribution in [2.75, 3.05) is 5.32 Å². The van der Waals surface area contributed by atoms with Crippen molar-refractivity contribution >= 4 is 51.1 Å². The lowest BCUT2D eigenvalue weighted by molar-refractivity contribution is 0.102. The van der Waals surface area contributed by atoms with Gasteiger partial charge in [-0.3, -0.25) is 15.1 Å². The van der Waals surface area contributed by atoms with Crippen molar-refractivity contribution in [3.05, 3.63) is 71.7 Å². The summed E-state index contributed by atoms with van der Waals surface area (Å²) in [6.45, 7) is 4.00. The van der Waals surface area contributed by atoms with E-state index in [4.69, 9.17) is 0 Å². The molecule has 0 spiro atoms. The summed E-state index contributed by atoms with van der Waals surface area (Å²) in [5.41, 5.74) is 3.37. The normalized spacial score (nSPS) is 12.4. The molecule has 0 aliphatic heterocycles. The topological polar surface area (TPSA) is 80.7 Å². The molecule has 6 nitrogen and oxygen atoms in total. The predicted octanol–water partition coefficient (Wildman–Crippen LogP) is 6.26. The molecule has 3 heterocycles. The zero-order valence-electron chi connectivity index (χ0n) is 17.9. The maximum atomic E-state index is 12.7. The van der Waals surface area contributed by atoms with Gasteiger partial charge in [0.25, 0.3) is 5.91 Å². The molecule has 4 aromatic rings. The third kappa shape index (κ3) is 5.03. The van der Waals surface area contributed by atoms with E-state index in [1.807, 2.05) is 56.3 Å². The number of nitrogens with one attached hydrogen (secondary N) is 1. The van der Waals surface area contributed by atoms with Gasteiger partial charge in [-0.05, 0) is 49.1 Å². The van der Waals surface area contributed by atoms with E-state index in [1.54, 1.807) is 12.3 Å². The van der Waals surface area contributed by atoms with Crippen molar-refractivity contribution in [3.8, 4) is 0 Å². The number of nitrogens with zero attached hydrogens (tertiary/aromatic N) is 4. The lowest BCUT2D eigenvalue weighted by atomic mass is 10.1. The van der Waals surface area contributed by atoms with Crippen LogP contribution >= 0.6 is 23.1 Å². The lowest BCUT2D eigenvalue weighted by Gasteiger charge is -2.06. The molecule has 0 bridgehead atoms. The molecule has 1 amide bonds. The minimum Gasteiger partial charge on any atom is -0.295 e. The molecule has 0 saturated carbocycles. The molecule has 0 unspecified atom stereocenters. The zero-order chi connectivity index (χ0) is 22.3. The van der Waals surface area contributed by atoms with Crippen LogP contribution in [-0.4, -0.2) is 26.1 Å². The summed E-state index contributed by atoms with van der Waals surface area (Å²) in [5.74, 6) is -0.280. The van der Waals surface area contributed by atoms with Gasteiger partial charge in [0.05, 0.1) is 11.2 Å². The van der Waals surface area contributed by atoms with Gasteiger partial charge >= 0.3 is 0 Å². The Kier molecular flexibility index (Phi) is 7.24. The van der Waals surface area contributed by atoms with E-state index in [0.29, 0.717) is 10.8 Å². The SMILES string of the molecule is CC.O=C(Nc1nnc(Sc2ccnc3ccccc23)s1)c1ccc2c(n1)C=CCCC2. The minimum atomic E-state index is -0.280. The maximum Gasteiger partial charge on any atom is 0.276 e. The molecule has 1 N–H and O–H groups in total. The van der Waals surface area contributed by atoms with Crippen LogP contribution in [0.25, 0.3) is 17.0 Å². The summed E-state index contributed by atoms with van der Waals surface area (Å²) >= 11 is 2.85. The number of aryl methyl sites for hydroxylation is 1. The van der Waals surface area contributed by atoms with E-state index >= 15 is 0 Å². The molecule has 5 rings (SSSR count).